The molecular formula is C20H17N3OS. The van der Waals surface area contributed by atoms with Crippen LogP contribution in [0.4, 0.5) is 5.69 Å². The van der Waals surface area contributed by atoms with Crippen molar-refractivity contribution in [1.29, 1.82) is 0 Å². The molecule has 0 aliphatic rings. The van der Waals surface area contributed by atoms with E-state index in [0.717, 1.165) is 21.8 Å². The summed E-state index contributed by atoms with van der Waals surface area (Å²) in [6.07, 6.45) is 3.26. The number of rotatable bonds is 5. The van der Waals surface area contributed by atoms with Crippen molar-refractivity contribution in [3.8, 4) is 11.3 Å². The number of benzene rings is 2. The highest BCUT2D eigenvalue weighted by molar-refractivity contribution is 8.02. The fraction of sp³-hybridized carbons (Fsp3) is 0.0500. The zero-order chi connectivity index (χ0) is 17.5. The van der Waals surface area contributed by atoms with Crippen molar-refractivity contribution in [2.75, 3.05) is 5.32 Å². The average Bonchev–Trinajstić information content (AvgIpc) is 2.63. The van der Waals surface area contributed by atoms with Gasteiger partial charge in [-0.15, -0.1) is 0 Å². The summed E-state index contributed by atoms with van der Waals surface area (Å²) in [7, 11) is 0. The molecule has 1 heterocycles. The highest BCUT2D eigenvalue weighted by Crippen LogP contribution is 2.21. The van der Waals surface area contributed by atoms with Crippen LogP contribution in [0, 0.1) is 6.92 Å². The lowest BCUT2D eigenvalue weighted by Crippen LogP contribution is -2.07. The van der Waals surface area contributed by atoms with Crippen molar-refractivity contribution in [1.82, 2.24) is 9.97 Å². The van der Waals surface area contributed by atoms with E-state index < -0.39 is 0 Å². The van der Waals surface area contributed by atoms with Gasteiger partial charge in [0.25, 0.3) is 0 Å². The Morgan fingerprint density at radius 3 is 2.72 bits per heavy atom. The summed E-state index contributed by atoms with van der Waals surface area (Å²) in [5.41, 5.74) is 2.50. The molecule has 1 aromatic heterocycles. The largest absolute Gasteiger partial charge is 0.322 e. The van der Waals surface area contributed by atoms with E-state index in [-0.39, 0.29) is 5.91 Å². The summed E-state index contributed by atoms with van der Waals surface area (Å²) in [6.45, 7) is 1.85. The summed E-state index contributed by atoms with van der Waals surface area (Å²) in [5.74, 6) is 0.548. The van der Waals surface area contributed by atoms with Crippen molar-refractivity contribution >= 4 is 23.4 Å². The van der Waals surface area contributed by atoms with Crippen LogP contribution in [0.25, 0.3) is 11.3 Å². The Bertz CT molecular complexity index is 894. The van der Waals surface area contributed by atoms with Crippen LogP contribution in [-0.2, 0) is 4.79 Å². The molecule has 3 rings (SSSR count). The third kappa shape index (κ3) is 5.02. The van der Waals surface area contributed by atoms with Crippen LogP contribution in [0.3, 0.4) is 0 Å². The Hall–Kier alpha value is -2.92. The van der Waals surface area contributed by atoms with Gasteiger partial charge in [-0.25, -0.2) is 9.97 Å². The number of amides is 1. The number of thioether (sulfide) groups is 1. The number of carbonyl (C=O) groups excluding carboxylic acids is 1. The molecule has 0 spiro atoms. The first-order chi connectivity index (χ1) is 12.2. The first-order valence-electron chi connectivity index (χ1n) is 7.80. The Balaban J connectivity index is 1.64. The predicted molar refractivity (Wildman–Crippen MR) is 102 cm³/mol. The fourth-order valence-corrected chi connectivity index (χ4v) is 2.89. The molecule has 5 heteroatoms. The highest BCUT2D eigenvalue weighted by Gasteiger charge is 2.03. The van der Waals surface area contributed by atoms with Gasteiger partial charge in [0, 0.05) is 28.4 Å². The van der Waals surface area contributed by atoms with Crippen molar-refractivity contribution in [3.63, 3.8) is 0 Å². The van der Waals surface area contributed by atoms with Crippen molar-refractivity contribution in [2.24, 2.45) is 0 Å². The third-order valence-electron chi connectivity index (χ3n) is 3.37. The SMILES string of the molecule is Cc1nccc(-c2cccc(NC(=O)/C=C/Sc3ccccc3)c2)n1. The van der Waals surface area contributed by atoms with E-state index in [1.54, 1.807) is 11.6 Å². The quantitative estimate of drug-likeness (QED) is 0.537. The molecule has 1 N–H and O–H groups in total. The third-order valence-corrected chi connectivity index (χ3v) is 4.19. The minimum absolute atomic E-state index is 0.167. The minimum atomic E-state index is -0.167. The Labute approximate surface area is 151 Å². The molecule has 4 nitrogen and oxygen atoms in total. The van der Waals surface area contributed by atoms with Gasteiger partial charge < -0.3 is 5.32 Å². The van der Waals surface area contributed by atoms with E-state index in [1.807, 2.05) is 67.6 Å². The molecule has 0 unspecified atom stereocenters. The van der Waals surface area contributed by atoms with Gasteiger partial charge in [-0.1, -0.05) is 42.1 Å². The summed E-state index contributed by atoms with van der Waals surface area (Å²) < 4.78 is 0. The molecule has 25 heavy (non-hydrogen) atoms. The number of nitrogens with zero attached hydrogens (tertiary/aromatic N) is 2. The van der Waals surface area contributed by atoms with E-state index in [0.29, 0.717) is 5.82 Å². The standard InChI is InChI=1S/C20H17N3OS/c1-15-21-12-10-19(22-15)16-6-5-7-17(14-16)23-20(24)11-13-25-18-8-3-2-4-9-18/h2-14H,1H3,(H,23,24)/b13-11+. The molecule has 3 aromatic rings. The van der Waals surface area contributed by atoms with E-state index in [4.69, 9.17) is 0 Å². The first-order valence-corrected chi connectivity index (χ1v) is 8.68. The topological polar surface area (TPSA) is 54.9 Å². The monoisotopic (exact) mass is 347 g/mol. The maximum Gasteiger partial charge on any atom is 0.248 e. The van der Waals surface area contributed by atoms with E-state index in [2.05, 4.69) is 15.3 Å². The number of anilines is 1. The molecule has 0 atom stereocenters. The molecule has 0 fully saturated rings. The van der Waals surface area contributed by atoms with Crippen LogP contribution in [0.5, 0.6) is 0 Å². The van der Waals surface area contributed by atoms with Gasteiger partial charge in [0.05, 0.1) is 5.69 Å². The van der Waals surface area contributed by atoms with Crippen LogP contribution in [0.15, 0.2) is 83.2 Å². The lowest BCUT2D eigenvalue weighted by Gasteiger charge is -2.06. The summed E-state index contributed by atoms with van der Waals surface area (Å²) >= 11 is 1.50. The lowest BCUT2D eigenvalue weighted by atomic mass is 10.1. The van der Waals surface area contributed by atoms with Gasteiger partial charge in [-0.2, -0.15) is 0 Å². The number of carbonyl (C=O) groups is 1. The number of hydrogen-bond acceptors (Lipinski definition) is 4. The normalized spacial score (nSPS) is 10.8. The molecule has 0 saturated carbocycles. The number of hydrogen-bond donors (Lipinski definition) is 1. The highest BCUT2D eigenvalue weighted by atomic mass is 32.2. The molecule has 0 aliphatic heterocycles. The smallest absolute Gasteiger partial charge is 0.248 e. The number of aryl methyl sites for hydroxylation is 1. The molecule has 2 aromatic carbocycles. The second kappa shape index (κ2) is 8.26. The summed E-state index contributed by atoms with van der Waals surface area (Å²) in [5, 5.41) is 4.65. The second-order valence-corrected chi connectivity index (χ2v) is 6.27. The van der Waals surface area contributed by atoms with Gasteiger partial charge in [-0.05, 0) is 42.7 Å². The first kappa shape index (κ1) is 16.9. The van der Waals surface area contributed by atoms with Crippen molar-refractivity contribution < 1.29 is 4.79 Å². The fourth-order valence-electron chi connectivity index (χ4n) is 2.23. The van der Waals surface area contributed by atoms with Gasteiger partial charge in [0.15, 0.2) is 0 Å². The Kier molecular flexibility index (Phi) is 5.59. The molecular weight excluding hydrogens is 330 g/mol. The van der Waals surface area contributed by atoms with Gasteiger partial charge >= 0.3 is 0 Å². The van der Waals surface area contributed by atoms with Crippen LogP contribution in [-0.4, -0.2) is 15.9 Å². The average molecular weight is 347 g/mol. The molecule has 0 radical (unpaired) electrons. The van der Waals surface area contributed by atoms with Gasteiger partial charge in [-0.3, -0.25) is 4.79 Å². The van der Waals surface area contributed by atoms with Crippen molar-refractivity contribution in [2.45, 2.75) is 11.8 Å². The Morgan fingerprint density at radius 1 is 1.08 bits per heavy atom. The van der Waals surface area contributed by atoms with Crippen LogP contribution in [0.2, 0.25) is 0 Å². The Morgan fingerprint density at radius 2 is 1.92 bits per heavy atom. The van der Waals surface area contributed by atoms with Crippen LogP contribution in [0.1, 0.15) is 5.82 Å². The second-order valence-electron chi connectivity index (χ2n) is 5.29. The molecule has 0 aliphatic carbocycles. The van der Waals surface area contributed by atoms with E-state index in [1.165, 1.54) is 17.8 Å². The minimum Gasteiger partial charge on any atom is -0.322 e. The van der Waals surface area contributed by atoms with Crippen LogP contribution >= 0.6 is 11.8 Å². The van der Waals surface area contributed by atoms with Gasteiger partial charge in [0.2, 0.25) is 5.91 Å². The maximum absolute atomic E-state index is 12.1. The summed E-state index contributed by atoms with van der Waals surface area (Å²) in [6, 6.07) is 19.4. The number of nitrogens with one attached hydrogen (secondary N) is 1. The molecule has 1 amide bonds. The maximum atomic E-state index is 12.1. The molecule has 0 bridgehead atoms. The van der Waals surface area contributed by atoms with E-state index in [9.17, 15) is 4.79 Å². The zero-order valence-corrected chi connectivity index (χ0v) is 14.5. The van der Waals surface area contributed by atoms with Crippen LogP contribution < -0.4 is 5.32 Å². The van der Waals surface area contributed by atoms with Gasteiger partial charge in [0.1, 0.15) is 5.82 Å². The van der Waals surface area contributed by atoms with E-state index >= 15 is 0 Å². The number of aromatic nitrogens is 2. The predicted octanol–water partition coefficient (Wildman–Crippen LogP) is 4.70. The molecule has 0 saturated heterocycles. The van der Waals surface area contributed by atoms with Crippen molar-refractivity contribution in [3.05, 3.63) is 84.2 Å². The lowest BCUT2D eigenvalue weighted by molar-refractivity contribution is -0.111. The summed E-state index contributed by atoms with van der Waals surface area (Å²) in [4.78, 5) is 21.7. The zero-order valence-electron chi connectivity index (χ0n) is 13.7. The molecule has 124 valence electrons.